The van der Waals surface area contributed by atoms with Crippen LogP contribution in [0, 0.1) is 35.0 Å². The first kappa shape index (κ1) is 30.5. The van der Waals surface area contributed by atoms with Crippen molar-refractivity contribution in [2.45, 2.75) is 90.4 Å². The van der Waals surface area contributed by atoms with Gasteiger partial charge in [0.1, 0.15) is 17.3 Å². The molecule has 47 heavy (non-hydrogen) atoms. The number of carbonyl (C=O) groups excluding carboxylic acids is 2. The number of hydrogen-bond donors (Lipinski definition) is 1. The number of ether oxygens (including phenoxy) is 2. The summed E-state index contributed by atoms with van der Waals surface area (Å²) in [6, 6.07) is 17.8. The van der Waals surface area contributed by atoms with Gasteiger partial charge in [0.2, 0.25) is 0 Å². The molecule has 2 aromatic carbocycles. The number of allylic oxidation sites excluding steroid dienone is 5. The smallest absolute Gasteiger partial charge is 0.340 e. The van der Waals surface area contributed by atoms with Gasteiger partial charge < -0.3 is 14.6 Å². The van der Waals surface area contributed by atoms with Gasteiger partial charge in [-0.25, -0.2) is 9.59 Å². The van der Waals surface area contributed by atoms with Crippen LogP contribution in [-0.2, 0) is 25.5 Å². The van der Waals surface area contributed by atoms with Crippen molar-refractivity contribution in [3.05, 3.63) is 106 Å². The Balaban J connectivity index is 1.24. The standard InChI is InChI=1S/C42H46O5/c1-2-26(23-28-13-7-4-8-14-28)24-35-42-22-21-31(36(39(42)41(45)47-35)29-16-10-17-30(43)25-29)32-19-20-33-34(46-40(44)37(33)38(32)42)18-9-15-27-11-5-3-6-12-27/h4,7-8,10,13-14,16-18,24-27,31-32,38,43H,2-3,5-6,9,11-12,15,19-23H2,1H3/b34-18?,35-24-/t26-,31+,32-,38+,42+/m0/s1. The molecule has 0 amide bonds. The second-order valence-electron chi connectivity index (χ2n) is 14.8. The van der Waals surface area contributed by atoms with Gasteiger partial charge in [0.15, 0.2) is 0 Å². The molecule has 1 saturated heterocycles. The minimum Gasteiger partial charge on any atom is -0.508 e. The van der Waals surface area contributed by atoms with Crippen LogP contribution >= 0.6 is 0 Å². The summed E-state index contributed by atoms with van der Waals surface area (Å²) < 4.78 is 12.5. The average Bonchev–Trinajstić information content (AvgIpc) is 3.58. The summed E-state index contributed by atoms with van der Waals surface area (Å²) in [6.07, 6.45) is 18.3. The molecule has 7 aliphatic rings. The predicted octanol–water partition coefficient (Wildman–Crippen LogP) is 9.39. The maximum atomic E-state index is 14.2. The molecule has 2 aliphatic heterocycles. The largest absolute Gasteiger partial charge is 0.508 e. The molecule has 5 atom stereocenters. The summed E-state index contributed by atoms with van der Waals surface area (Å²) in [4.78, 5) is 28.2. The van der Waals surface area contributed by atoms with Crippen molar-refractivity contribution in [3.8, 4) is 5.75 Å². The molecule has 0 radical (unpaired) electrons. The zero-order chi connectivity index (χ0) is 32.1. The first-order chi connectivity index (χ1) is 23.0. The van der Waals surface area contributed by atoms with Crippen LogP contribution in [0.2, 0.25) is 0 Å². The number of cyclic esters (lactones) is 2. The van der Waals surface area contributed by atoms with Crippen LogP contribution in [0.25, 0.3) is 5.57 Å². The van der Waals surface area contributed by atoms with Crippen molar-refractivity contribution in [2.75, 3.05) is 0 Å². The normalized spacial score (nSPS) is 30.8. The molecule has 2 saturated carbocycles. The SMILES string of the molecule is CC[C@H](/C=C1\OC(=O)C2=C(c3cccc(O)c3)[C@@H]3CC[C@@]21[C@H]1C2=C(CC[C@@H]31)C(=CCCC1CCCCC1)OC2=O)Cc1ccccc1. The molecule has 2 heterocycles. The van der Waals surface area contributed by atoms with Crippen LogP contribution < -0.4 is 0 Å². The quantitative estimate of drug-likeness (QED) is 0.294. The van der Waals surface area contributed by atoms with E-state index in [-0.39, 0.29) is 41.4 Å². The van der Waals surface area contributed by atoms with Gasteiger partial charge in [-0.05, 0) is 116 Å². The highest BCUT2D eigenvalue weighted by Gasteiger charge is 2.68. The van der Waals surface area contributed by atoms with E-state index in [9.17, 15) is 14.7 Å². The Kier molecular flexibility index (Phi) is 7.98. The van der Waals surface area contributed by atoms with Gasteiger partial charge in [0, 0.05) is 17.1 Å². The zero-order valence-corrected chi connectivity index (χ0v) is 27.5. The van der Waals surface area contributed by atoms with Gasteiger partial charge in [0.25, 0.3) is 0 Å². The number of fused-ring (bicyclic) bond motifs is 1. The summed E-state index contributed by atoms with van der Waals surface area (Å²) >= 11 is 0. The Morgan fingerprint density at radius 1 is 0.936 bits per heavy atom. The molecule has 1 N–H and O–H groups in total. The van der Waals surface area contributed by atoms with Gasteiger partial charge in [-0.15, -0.1) is 0 Å². The van der Waals surface area contributed by atoms with E-state index in [4.69, 9.17) is 9.47 Å². The van der Waals surface area contributed by atoms with Crippen molar-refractivity contribution in [2.24, 2.45) is 35.0 Å². The van der Waals surface area contributed by atoms with Crippen LogP contribution in [0.5, 0.6) is 5.75 Å². The number of aromatic hydroxyl groups is 1. The van der Waals surface area contributed by atoms with Crippen molar-refractivity contribution in [1.82, 2.24) is 0 Å². The Bertz CT molecular complexity index is 1700. The third-order valence-electron chi connectivity index (χ3n) is 12.4. The fraction of sp³-hybridized carbons (Fsp3) is 0.476. The molecule has 0 aromatic heterocycles. The van der Waals surface area contributed by atoms with E-state index < -0.39 is 5.41 Å². The topological polar surface area (TPSA) is 72.8 Å². The number of phenolic OH excluding ortho intramolecular Hbond substituents is 1. The van der Waals surface area contributed by atoms with Crippen LogP contribution in [-0.4, -0.2) is 17.0 Å². The lowest BCUT2D eigenvalue weighted by atomic mass is 9.44. The van der Waals surface area contributed by atoms with E-state index in [0.717, 1.165) is 91.1 Å². The monoisotopic (exact) mass is 630 g/mol. The van der Waals surface area contributed by atoms with Crippen LogP contribution in [0.3, 0.4) is 0 Å². The van der Waals surface area contributed by atoms with Gasteiger partial charge in [0.05, 0.1) is 11.0 Å². The summed E-state index contributed by atoms with van der Waals surface area (Å²) in [7, 11) is 0. The molecule has 5 nitrogen and oxygen atoms in total. The molecular weight excluding hydrogens is 584 g/mol. The Labute approximate surface area is 278 Å². The van der Waals surface area contributed by atoms with Gasteiger partial charge >= 0.3 is 11.9 Å². The van der Waals surface area contributed by atoms with Crippen molar-refractivity contribution in [1.29, 1.82) is 0 Å². The highest BCUT2D eigenvalue weighted by molar-refractivity contribution is 6.06. The maximum absolute atomic E-state index is 14.2. The fourth-order valence-electron chi connectivity index (χ4n) is 10.3. The Morgan fingerprint density at radius 3 is 2.55 bits per heavy atom. The van der Waals surface area contributed by atoms with Crippen molar-refractivity contribution < 1.29 is 24.2 Å². The van der Waals surface area contributed by atoms with E-state index >= 15 is 0 Å². The van der Waals surface area contributed by atoms with E-state index in [0.29, 0.717) is 5.57 Å². The van der Waals surface area contributed by atoms with Gasteiger partial charge in [-0.2, -0.15) is 0 Å². The van der Waals surface area contributed by atoms with Crippen LogP contribution in [0.4, 0.5) is 0 Å². The number of phenols is 1. The number of esters is 2. The van der Waals surface area contributed by atoms with Crippen LogP contribution in [0.15, 0.2) is 95.0 Å². The molecule has 2 bridgehead atoms. The summed E-state index contributed by atoms with van der Waals surface area (Å²) in [5.74, 6) is 2.24. The molecule has 3 fully saturated rings. The Hall–Kier alpha value is -3.86. The lowest BCUT2D eigenvalue weighted by Crippen LogP contribution is -2.52. The molecule has 2 aromatic rings. The molecule has 5 heteroatoms. The number of carbonyl (C=O) groups is 2. The molecule has 0 unspecified atom stereocenters. The highest BCUT2D eigenvalue weighted by Crippen LogP contribution is 2.71. The zero-order valence-electron chi connectivity index (χ0n) is 27.5. The van der Waals surface area contributed by atoms with Crippen molar-refractivity contribution in [3.63, 3.8) is 0 Å². The second kappa shape index (κ2) is 12.3. The first-order valence-electron chi connectivity index (χ1n) is 18.2. The minimum absolute atomic E-state index is 0.109. The molecule has 5 aliphatic carbocycles. The molecule has 244 valence electrons. The number of rotatable bonds is 8. The molecular formula is C42H46O5. The second-order valence-corrected chi connectivity index (χ2v) is 14.8. The van der Waals surface area contributed by atoms with Gasteiger partial charge in [-0.3, -0.25) is 0 Å². The van der Waals surface area contributed by atoms with E-state index in [1.54, 1.807) is 12.1 Å². The van der Waals surface area contributed by atoms with E-state index in [1.165, 1.54) is 37.7 Å². The number of benzene rings is 2. The third-order valence-corrected chi connectivity index (χ3v) is 12.4. The summed E-state index contributed by atoms with van der Waals surface area (Å²) in [5, 5.41) is 10.5. The minimum atomic E-state index is -0.723. The third kappa shape index (κ3) is 5.12. The van der Waals surface area contributed by atoms with Crippen molar-refractivity contribution >= 4 is 17.5 Å². The summed E-state index contributed by atoms with van der Waals surface area (Å²) in [5.41, 5.74) is 4.99. The first-order valence-corrected chi connectivity index (χ1v) is 18.2. The van der Waals surface area contributed by atoms with Crippen LogP contribution in [0.1, 0.15) is 95.1 Å². The maximum Gasteiger partial charge on any atom is 0.340 e. The number of hydrogen-bond acceptors (Lipinski definition) is 5. The van der Waals surface area contributed by atoms with Gasteiger partial charge in [-0.1, -0.05) is 81.5 Å². The summed E-state index contributed by atoms with van der Waals surface area (Å²) in [6.45, 7) is 2.19. The fourth-order valence-corrected chi connectivity index (χ4v) is 10.3. The molecule has 1 spiro atoms. The molecule has 9 rings (SSSR count). The predicted molar refractivity (Wildman–Crippen MR) is 182 cm³/mol. The lowest BCUT2D eigenvalue weighted by molar-refractivity contribution is -0.135. The Morgan fingerprint density at radius 2 is 1.77 bits per heavy atom. The highest BCUT2D eigenvalue weighted by atomic mass is 16.5. The van der Waals surface area contributed by atoms with E-state index in [2.05, 4.69) is 43.3 Å². The average molecular weight is 631 g/mol. The van der Waals surface area contributed by atoms with E-state index in [1.807, 2.05) is 18.2 Å². The lowest BCUT2D eigenvalue weighted by Gasteiger charge is -2.56.